The third kappa shape index (κ3) is 4.94. The van der Waals surface area contributed by atoms with Gasteiger partial charge in [-0.1, -0.05) is 30.3 Å². The number of ether oxygens (including phenoxy) is 2. The average Bonchev–Trinajstić information content (AvgIpc) is 2.77. The Morgan fingerprint density at radius 3 is 2.45 bits per heavy atom. The summed E-state index contributed by atoms with van der Waals surface area (Å²) in [5, 5.41) is 8.98. The SMILES string of the molecule is COC1CCC(C(=O)NO)N(S(=O)(=O)c2ccc(OCc3ccccc3)cc2)C1. The lowest BCUT2D eigenvalue weighted by Gasteiger charge is -2.36. The van der Waals surface area contributed by atoms with Crippen LogP contribution in [0.15, 0.2) is 59.5 Å². The van der Waals surface area contributed by atoms with Crippen molar-refractivity contribution in [2.24, 2.45) is 0 Å². The lowest BCUT2D eigenvalue weighted by molar-refractivity contribution is -0.135. The van der Waals surface area contributed by atoms with Gasteiger partial charge in [0.1, 0.15) is 18.4 Å². The zero-order valence-electron chi connectivity index (χ0n) is 16.0. The quantitative estimate of drug-likeness (QED) is 0.524. The molecular formula is C20H24N2O6S. The molecule has 1 fully saturated rings. The van der Waals surface area contributed by atoms with Crippen molar-refractivity contribution in [3.63, 3.8) is 0 Å². The largest absolute Gasteiger partial charge is 0.489 e. The summed E-state index contributed by atoms with van der Waals surface area (Å²) in [4.78, 5) is 12.0. The van der Waals surface area contributed by atoms with Crippen molar-refractivity contribution < 1.29 is 27.9 Å². The lowest BCUT2D eigenvalue weighted by Crippen LogP contribution is -2.54. The molecule has 2 atom stereocenters. The van der Waals surface area contributed by atoms with Gasteiger partial charge in [0, 0.05) is 13.7 Å². The molecule has 1 aliphatic heterocycles. The number of hydrogen-bond donors (Lipinski definition) is 2. The topological polar surface area (TPSA) is 105 Å². The molecule has 0 spiro atoms. The molecule has 2 unspecified atom stereocenters. The number of hydroxylamine groups is 1. The third-order valence-corrected chi connectivity index (χ3v) is 6.81. The van der Waals surface area contributed by atoms with Crippen molar-refractivity contribution in [3.8, 4) is 5.75 Å². The number of methoxy groups -OCH3 is 1. The van der Waals surface area contributed by atoms with E-state index in [-0.39, 0.29) is 24.0 Å². The van der Waals surface area contributed by atoms with E-state index in [1.165, 1.54) is 19.2 Å². The standard InChI is InChI=1S/C20H24N2O6S/c1-27-17-9-12-19(20(23)21-24)22(13-17)29(25,26)18-10-7-16(8-11-18)28-14-15-5-3-2-4-6-15/h2-8,10-11,17,19,24H,9,12-14H2,1H3,(H,21,23). The van der Waals surface area contributed by atoms with Gasteiger partial charge < -0.3 is 9.47 Å². The number of hydrogen-bond acceptors (Lipinski definition) is 6. The Morgan fingerprint density at radius 2 is 1.83 bits per heavy atom. The van der Waals surface area contributed by atoms with E-state index in [1.54, 1.807) is 17.6 Å². The Hall–Kier alpha value is -2.46. The molecule has 29 heavy (non-hydrogen) atoms. The highest BCUT2D eigenvalue weighted by Crippen LogP contribution is 2.28. The van der Waals surface area contributed by atoms with E-state index in [0.29, 0.717) is 18.8 Å². The molecule has 2 aromatic carbocycles. The van der Waals surface area contributed by atoms with Crippen LogP contribution in [0.25, 0.3) is 0 Å². The number of nitrogens with one attached hydrogen (secondary N) is 1. The van der Waals surface area contributed by atoms with Crippen molar-refractivity contribution in [1.29, 1.82) is 0 Å². The number of carbonyl (C=O) groups excluding carboxylic acids is 1. The maximum Gasteiger partial charge on any atom is 0.261 e. The van der Waals surface area contributed by atoms with Gasteiger partial charge in [0.05, 0.1) is 11.0 Å². The fourth-order valence-corrected chi connectivity index (χ4v) is 4.94. The second kappa shape index (κ2) is 9.36. The average molecular weight is 420 g/mol. The van der Waals surface area contributed by atoms with E-state index in [2.05, 4.69) is 0 Å². The first kappa shape index (κ1) is 21.3. The van der Waals surface area contributed by atoms with Gasteiger partial charge in [0.25, 0.3) is 5.91 Å². The molecule has 0 aromatic heterocycles. The number of rotatable bonds is 7. The minimum absolute atomic E-state index is 0.0309. The molecule has 1 aliphatic rings. The monoisotopic (exact) mass is 420 g/mol. The summed E-state index contributed by atoms with van der Waals surface area (Å²) in [7, 11) is -2.47. The second-order valence-electron chi connectivity index (χ2n) is 6.75. The van der Waals surface area contributed by atoms with Crippen LogP contribution in [0, 0.1) is 0 Å². The molecule has 0 bridgehead atoms. The Labute approximate surface area is 170 Å². The normalized spacial score (nSPS) is 20.2. The maximum atomic E-state index is 13.1. The summed E-state index contributed by atoms with van der Waals surface area (Å²) < 4.78 is 38.3. The van der Waals surface area contributed by atoms with E-state index in [0.717, 1.165) is 9.87 Å². The molecule has 0 saturated carbocycles. The van der Waals surface area contributed by atoms with E-state index in [4.69, 9.17) is 14.7 Å². The van der Waals surface area contributed by atoms with E-state index >= 15 is 0 Å². The molecule has 2 aromatic rings. The Kier molecular flexibility index (Phi) is 6.86. The van der Waals surface area contributed by atoms with Gasteiger partial charge in [-0.05, 0) is 42.7 Å². The number of carbonyl (C=O) groups is 1. The predicted octanol–water partition coefficient (Wildman–Crippen LogP) is 1.94. The summed E-state index contributed by atoms with van der Waals surface area (Å²) in [5.41, 5.74) is 2.56. The van der Waals surface area contributed by atoms with Gasteiger partial charge in [-0.2, -0.15) is 4.31 Å². The first-order chi connectivity index (χ1) is 14.0. The number of benzene rings is 2. The van der Waals surface area contributed by atoms with Gasteiger partial charge in [-0.3, -0.25) is 10.0 Å². The molecule has 0 aliphatic carbocycles. The molecular weight excluding hydrogens is 396 g/mol. The molecule has 3 rings (SSSR count). The first-order valence-corrected chi connectivity index (χ1v) is 10.6. The van der Waals surface area contributed by atoms with Crippen LogP contribution in [0.1, 0.15) is 18.4 Å². The van der Waals surface area contributed by atoms with Crippen LogP contribution in [0.2, 0.25) is 0 Å². The highest BCUT2D eigenvalue weighted by atomic mass is 32.2. The summed E-state index contributed by atoms with van der Waals surface area (Å²) in [5.74, 6) is -0.225. The van der Waals surface area contributed by atoms with Crippen molar-refractivity contribution >= 4 is 15.9 Å². The van der Waals surface area contributed by atoms with E-state index in [9.17, 15) is 13.2 Å². The number of nitrogens with zero attached hydrogens (tertiary/aromatic N) is 1. The maximum absolute atomic E-state index is 13.1. The zero-order valence-corrected chi connectivity index (χ0v) is 16.8. The van der Waals surface area contributed by atoms with Crippen molar-refractivity contribution in [3.05, 3.63) is 60.2 Å². The summed E-state index contributed by atoms with van der Waals surface area (Å²) in [6.45, 7) is 0.399. The van der Waals surface area contributed by atoms with Gasteiger partial charge in [-0.15, -0.1) is 0 Å². The summed E-state index contributed by atoms with van der Waals surface area (Å²) in [6.07, 6.45) is 0.455. The number of piperidine rings is 1. The molecule has 1 saturated heterocycles. The fraction of sp³-hybridized carbons (Fsp3) is 0.350. The summed E-state index contributed by atoms with van der Waals surface area (Å²) in [6, 6.07) is 14.7. The van der Waals surface area contributed by atoms with E-state index in [1.807, 2.05) is 30.3 Å². The minimum atomic E-state index is -3.97. The molecule has 8 nitrogen and oxygen atoms in total. The highest BCUT2D eigenvalue weighted by Gasteiger charge is 2.40. The minimum Gasteiger partial charge on any atom is -0.489 e. The van der Waals surface area contributed by atoms with Crippen molar-refractivity contribution in [1.82, 2.24) is 9.79 Å². The van der Waals surface area contributed by atoms with Crippen LogP contribution < -0.4 is 10.2 Å². The van der Waals surface area contributed by atoms with Gasteiger partial charge in [0.2, 0.25) is 10.0 Å². The third-order valence-electron chi connectivity index (χ3n) is 4.92. The van der Waals surface area contributed by atoms with Gasteiger partial charge in [0.15, 0.2) is 0 Å². The first-order valence-electron chi connectivity index (χ1n) is 9.21. The summed E-state index contributed by atoms with van der Waals surface area (Å²) >= 11 is 0. The Bertz CT molecular complexity index is 918. The van der Waals surface area contributed by atoms with Gasteiger partial charge >= 0.3 is 0 Å². The van der Waals surface area contributed by atoms with Crippen molar-refractivity contribution in [2.75, 3.05) is 13.7 Å². The molecule has 9 heteroatoms. The molecule has 1 heterocycles. The van der Waals surface area contributed by atoms with Crippen LogP contribution in [0.3, 0.4) is 0 Å². The lowest BCUT2D eigenvalue weighted by atomic mass is 10.0. The number of amides is 1. The van der Waals surface area contributed by atoms with Crippen LogP contribution in [0.4, 0.5) is 0 Å². The number of sulfonamides is 1. The Balaban J connectivity index is 1.77. The molecule has 156 valence electrons. The zero-order chi connectivity index (χ0) is 20.9. The van der Waals surface area contributed by atoms with Crippen LogP contribution >= 0.6 is 0 Å². The van der Waals surface area contributed by atoms with Gasteiger partial charge in [-0.25, -0.2) is 13.9 Å². The fourth-order valence-electron chi connectivity index (χ4n) is 3.29. The predicted molar refractivity (Wildman–Crippen MR) is 105 cm³/mol. The highest BCUT2D eigenvalue weighted by molar-refractivity contribution is 7.89. The van der Waals surface area contributed by atoms with E-state index < -0.39 is 22.0 Å². The smallest absolute Gasteiger partial charge is 0.261 e. The Morgan fingerprint density at radius 1 is 1.14 bits per heavy atom. The molecule has 1 amide bonds. The second-order valence-corrected chi connectivity index (χ2v) is 8.64. The van der Waals surface area contributed by atoms with Crippen LogP contribution in [0.5, 0.6) is 5.75 Å². The molecule has 2 N–H and O–H groups in total. The van der Waals surface area contributed by atoms with Crippen molar-refractivity contribution in [2.45, 2.75) is 36.5 Å². The molecule has 0 radical (unpaired) electrons. The van der Waals surface area contributed by atoms with Crippen LogP contribution in [-0.4, -0.2) is 49.6 Å². The van der Waals surface area contributed by atoms with Crippen LogP contribution in [-0.2, 0) is 26.2 Å².